The zero-order valence-electron chi connectivity index (χ0n) is 12.5. The lowest BCUT2D eigenvalue weighted by Gasteiger charge is -2.10. The van der Waals surface area contributed by atoms with Crippen molar-refractivity contribution in [3.05, 3.63) is 62.9 Å². The van der Waals surface area contributed by atoms with E-state index in [0.29, 0.717) is 23.1 Å². The van der Waals surface area contributed by atoms with Gasteiger partial charge in [0.25, 0.3) is 0 Å². The van der Waals surface area contributed by atoms with Gasteiger partial charge >= 0.3 is 0 Å². The van der Waals surface area contributed by atoms with Crippen LogP contribution in [0, 0.1) is 13.8 Å². The number of nitrogens with two attached hydrogens (primary N) is 1. The predicted octanol–water partition coefficient (Wildman–Crippen LogP) is 4.47. The van der Waals surface area contributed by atoms with E-state index < -0.39 is 0 Å². The molecule has 1 heterocycles. The van der Waals surface area contributed by atoms with Crippen molar-refractivity contribution in [2.75, 3.05) is 0 Å². The Balaban J connectivity index is 2.12. The van der Waals surface area contributed by atoms with Crippen LogP contribution in [0.15, 0.2) is 30.3 Å². The number of aryl methyl sites for hydroxylation is 2. The summed E-state index contributed by atoms with van der Waals surface area (Å²) in [5.74, 6) is 0.867. The molecule has 1 aromatic heterocycles. The molecule has 5 heteroatoms. The van der Waals surface area contributed by atoms with Crippen LogP contribution in [-0.4, -0.2) is 9.55 Å². The Hall–Kier alpha value is -1.55. The van der Waals surface area contributed by atoms with Crippen LogP contribution in [0.3, 0.4) is 0 Å². The van der Waals surface area contributed by atoms with Crippen LogP contribution in [0.5, 0.6) is 0 Å². The normalized spacial score (nSPS) is 11.3. The third kappa shape index (κ3) is 2.72. The molecule has 0 fully saturated rings. The van der Waals surface area contributed by atoms with Gasteiger partial charge < -0.3 is 10.3 Å². The SMILES string of the molecule is Cc1cc2nc(CN)n(Cc3ccc(Cl)c(Cl)c3)c2cc1C. The minimum Gasteiger partial charge on any atom is -0.324 e. The summed E-state index contributed by atoms with van der Waals surface area (Å²) in [6.07, 6.45) is 0. The number of fused-ring (bicyclic) bond motifs is 1. The molecule has 3 nitrogen and oxygen atoms in total. The van der Waals surface area contributed by atoms with E-state index in [-0.39, 0.29) is 0 Å². The highest BCUT2D eigenvalue weighted by molar-refractivity contribution is 6.42. The van der Waals surface area contributed by atoms with E-state index in [9.17, 15) is 0 Å². The summed E-state index contributed by atoms with van der Waals surface area (Å²) in [4.78, 5) is 4.65. The number of hydrogen-bond acceptors (Lipinski definition) is 2. The van der Waals surface area contributed by atoms with Crippen molar-refractivity contribution in [3.63, 3.8) is 0 Å². The lowest BCUT2D eigenvalue weighted by Crippen LogP contribution is -2.09. The van der Waals surface area contributed by atoms with Crippen LogP contribution >= 0.6 is 23.2 Å². The largest absolute Gasteiger partial charge is 0.324 e. The standard InChI is InChI=1S/C17H17Cl2N3/c1-10-5-15-16(6-11(10)2)22(17(8-20)21-15)9-12-3-4-13(18)14(19)7-12/h3-7H,8-9,20H2,1-2H3. The first kappa shape index (κ1) is 15.3. The number of imidazole rings is 1. The summed E-state index contributed by atoms with van der Waals surface area (Å²) in [7, 11) is 0. The topological polar surface area (TPSA) is 43.8 Å². The summed E-state index contributed by atoms with van der Waals surface area (Å²) in [6, 6.07) is 9.94. The fraction of sp³-hybridized carbons (Fsp3) is 0.235. The fourth-order valence-electron chi connectivity index (χ4n) is 2.58. The number of nitrogens with zero attached hydrogens (tertiary/aromatic N) is 2. The Morgan fingerprint density at radius 2 is 1.77 bits per heavy atom. The van der Waals surface area contributed by atoms with Gasteiger partial charge in [0.15, 0.2) is 0 Å². The molecule has 3 aromatic rings. The van der Waals surface area contributed by atoms with Crippen LogP contribution in [0.1, 0.15) is 22.5 Å². The molecule has 0 radical (unpaired) electrons. The Morgan fingerprint density at radius 1 is 1.05 bits per heavy atom. The van der Waals surface area contributed by atoms with E-state index in [1.807, 2.05) is 18.2 Å². The molecule has 0 amide bonds. The molecular weight excluding hydrogens is 317 g/mol. The monoisotopic (exact) mass is 333 g/mol. The number of rotatable bonds is 3. The zero-order valence-corrected chi connectivity index (χ0v) is 14.0. The number of halogens is 2. The summed E-state index contributed by atoms with van der Waals surface area (Å²) >= 11 is 12.1. The molecule has 22 heavy (non-hydrogen) atoms. The van der Waals surface area contributed by atoms with Crippen molar-refractivity contribution < 1.29 is 0 Å². The van der Waals surface area contributed by atoms with E-state index in [0.717, 1.165) is 22.4 Å². The van der Waals surface area contributed by atoms with Crippen LogP contribution in [0.2, 0.25) is 10.0 Å². The Labute approximate surface area is 139 Å². The fourth-order valence-corrected chi connectivity index (χ4v) is 2.90. The maximum atomic E-state index is 6.11. The van der Waals surface area contributed by atoms with E-state index in [2.05, 4.69) is 35.5 Å². The van der Waals surface area contributed by atoms with Gasteiger partial charge in [0, 0.05) is 6.54 Å². The van der Waals surface area contributed by atoms with Crippen LogP contribution in [0.4, 0.5) is 0 Å². The molecule has 0 aliphatic heterocycles. The van der Waals surface area contributed by atoms with Gasteiger partial charge in [-0.15, -0.1) is 0 Å². The Morgan fingerprint density at radius 3 is 2.45 bits per heavy atom. The van der Waals surface area contributed by atoms with Crippen molar-refractivity contribution in [2.24, 2.45) is 5.73 Å². The van der Waals surface area contributed by atoms with Crippen molar-refractivity contribution in [1.29, 1.82) is 0 Å². The zero-order chi connectivity index (χ0) is 15.9. The molecule has 0 aliphatic carbocycles. The first-order valence-electron chi connectivity index (χ1n) is 7.10. The lowest BCUT2D eigenvalue weighted by molar-refractivity contribution is 0.744. The van der Waals surface area contributed by atoms with Crippen molar-refractivity contribution in [2.45, 2.75) is 26.9 Å². The van der Waals surface area contributed by atoms with E-state index in [1.165, 1.54) is 11.1 Å². The predicted molar refractivity (Wildman–Crippen MR) is 92.7 cm³/mol. The molecule has 114 valence electrons. The molecule has 2 aromatic carbocycles. The van der Waals surface area contributed by atoms with E-state index in [4.69, 9.17) is 28.9 Å². The minimum atomic E-state index is 0.397. The summed E-state index contributed by atoms with van der Waals surface area (Å²) in [6.45, 7) is 5.26. The highest BCUT2D eigenvalue weighted by Crippen LogP contribution is 2.25. The highest BCUT2D eigenvalue weighted by atomic mass is 35.5. The molecule has 3 rings (SSSR count). The maximum Gasteiger partial charge on any atom is 0.123 e. The van der Waals surface area contributed by atoms with Gasteiger partial charge in [-0.05, 0) is 54.8 Å². The molecule has 0 spiro atoms. The summed E-state index contributed by atoms with van der Waals surface area (Å²) in [5, 5.41) is 1.12. The van der Waals surface area contributed by atoms with Crippen molar-refractivity contribution in [3.8, 4) is 0 Å². The lowest BCUT2D eigenvalue weighted by atomic mass is 10.1. The van der Waals surface area contributed by atoms with Crippen molar-refractivity contribution >= 4 is 34.2 Å². The van der Waals surface area contributed by atoms with Gasteiger partial charge in [0.2, 0.25) is 0 Å². The second-order valence-corrected chi connectivity index (χ2v) is 6.31. The Bertz CT molecular complexity index is 853. The second-order valence-electron chi connectivity index (χ2n) is 5.49. The van der Waals surface area contributed by atoms with E-state index in [1.54, 1.807) is 0 Å². The minimum absolute atomic E-state index is 0.397. The smallest absolute Gasteiger partial charge is 0.123 e. The summed E-state index contributed by atoms with van der Waals surface area (Å²) < 4.78 is 2.14. The number of hydrogen-bond donors (Lipinski definition) is 1. The van der Waals surface area contributed by atoms with Crippen LogP contribution in [-0.2, 0) is 13.1 Å². The van der Waals surface area contributed by atoms with Gasteiger partial charge in [-0.2, -0.15) is 0 Å². The molecule has 0 saturated carbocycles. The number of aromatic nitrogens is 2. The molecule has 0 aliphatic rings. The quantitative estimate of drug-likeness (QED) is 0.768. The molecule has 0 saturated heterocycles. The first-order valence-corrected chi connectivity index (χ1v) is 7.85. The van der Waals surface area contributed by atoms with Gasteiger partial charge in [0.05, 0.1) is 27.6 Å². The molecule has 2 N–H and O–H groups in total. The van der Waals surface area contributed by atoms with Gasteiger partial charge in [0.1, 0.15) is 5.82 Å². The first-order chi connectivity index (χ1) is 10.5. The maximum absolute atomic E-state index is 6.11. The summed E-state index contributed by atoms with van der Waals surface area (Å²) in [5.41, 5.74) is 11.5. The molecule has 0 atom stereocenters. The van der Waals surface area contributed by atoms with Gasteiger partial charge in [-0.1, -0.05) is 29.3 Å². The Kier molecular flexibility index (Phi) is 4.13. The van der Waals surface area contributed by atoms with Gasteiger partial charge in [-0.25, -0.2) is 4.98 Å². The average molecular weight is 334 g/mol. The van der Waals surface area contributed by atoms with Crippen molar-refractivity contribution in [1.82, 2.24) is 9.55 Å². The third-order valence-corrected chi connectivity index (χ3v) is 4.69. The number of benzene rings is 2. The van der Waals surface area contributed by atoms with E-state index >= 15 is 0 Å². The molecule has 0 unspecified atom stereocenters. The second kappa shape index (κ2) is 5.92. The van der Waals surface area contributed by atoms with Gasteiger partial charge in [-0.3, -0.25) is 0 Å². The highest BCUT2D eigenvalue weighted by Gasteiger charge is 2.12. The molecular formula is C17H17Cl2N3. The third-order valence-electron chi connectivity index (χ3n) is 3.95. The van der Waals surface area contributed by atoms with Crippen LogP contribution < -0.4 is 5.73 Å². The average Bonchev–Trinajstić information content (AvgIpc) is 2.81. The molecule has 0 bridgehead atoms. The van der Waals surface area contributed by atoms with Crippen LogP contribution in [0.25, 0.3) is 11.0 Å².